The summed E-state index contributed by atoms with van der Waals surface area (Å²) in [6, 6.07) is 21.1. The van der Waals surface area contributed by atoms with Gasteiger partial charge < -0.3 is 13.4 Å². The summed E-state index contributed by atoms with van der Waals surface area (Å²) >= 11 is 0. The molecule has 0 saturated heterocycles. The third-order valence-electron chi connectivity index (χ3n) is 6.65. The Morgan fingerprint density at radius 3 is 1.93 bits per heavy atom. The van der Waals surface area contributed by atoms with Gasteiger partial charge in [-0.15, -0.1) is 0 Å². The lowest BCUT2D eigenvalue weighted by atomic mass is 9.95. The maximum Gasteiger partial charge on any atom is 0.136 e. The minimum Gasteiger partial charge on any atom is -0.456 e. The van der Waals surface area contributed by atoms with Gasteiger partial charge in [0.1, 0.15) is 29.0 Å². The Balaban J connectivity index is 1.91. The molecular formula is C26H14N2O2. The third kappa shape index (κ3) is 1.46. The van der Waals surface area contributed by atoms with Crippen molar-refractivity contribution in [3.63, 3.8) is 0 Å². The van der Waals surface area contributed by atoms with E-state index in [2.05, 4.69) is 64.8 Å². The molecule has 0 aliphatic carbocycles. The van der Waals surface area contributed by atoms with Crippen LogP contribution in [0.2, 0.25) is 0 Å². The molecule has 8 rings (SSSR count). The van der Waals surface area contributed by atoms with Crippen molar-refractivity contribution >= 4 is 83.2 Å². The largest absolute Gasteiger partial charge is 0.456 e. The molecule has 0 bridgehead atoms. The fraction of sp³-hybridized carbons (Fsp3) is 0.0385. The van der Waals surface area contributed by atoms with Crippen LogP contribution in [0.15, 0.2) is 74.5 Å². The molecule has 0 aliphatic rings. The second-order valence-electron chi connectivity index (χ2n) is 8.02. The van der Waals surface area contributed by atoms with Crippen LogP contribution in [0.1, 0.15) is 0 Å². The second kappa shape index (κ2) is 4.74. The molecular weight excluding hydrogens is 372 g/mol. The fourth-order valence-corrected chi connectivity index (χ4v) is 5.58. The van der Waals surface area contributed by atoms with Gasteiger partial charge in [-0.05, 0) is 53.9 Å². The van der Waals surface area contributed by atoms with Gasteiger partial charge in [0.2, 0.25) is 0 Å². The molecule has 0 N–H and O–H groups in total. The van der Waals surface area contributed by atoms with Gasteiger partial charge >= 0.3 is 0 Å². The standard InChI is InChI=1S/C26H14N2O2/c1-27-12-28-15-6-2-4-13-14-5-3-7-17-22(14)24-19(29-17)10-11-20-26(24)25-18(30-20)9-8-16(28)23(25)21(13)15/h2-11H,1,12H2. The summed E-state index contributed by atoms with van der Waals surface area (Å²) in [6.45, 7) is 4.27. The van der Waals surface area contributed by atoms with E-state index < -0.39 is 0 Å². The molecule has 0 spiro atoms. The van der Waals surface area contributed by atoms with Crippen molar-refractivity contribution in [1.82, 2.24) is 4.57 Å². The van der Waals surface area contributed by atoms with Crippen LogP contribution in [0.5, 0.6) is 0 Å². The van der Waals surface area contributed by atoms with E-state index in [1.165, 1.54) is 21.5 Å². The lowest BCUT2D eigenvalue weighted by molar-refractivity contribution is 0.663. The van der Waals surface area contributed by atoms with E-state index in [0.717, 1.165) is 54.9 Å². The highest BCUT2D eigenvalue weighted by atomic mass is 16.3. The summed E-state index contributed by atoms with van der Waals surface area (Å²) in [4.78, 5) is 4.21. The SMILES string of the molecule is C=NCn1c2cccc3c4cccc5oc6ccc7oc8ccc1c(c8c7c6c54)c32. The van der Waals surface area contributed by atoms with Crippen LogP contribution in [-0.4, -0.2) is 11.3 Å². The lowest BCUT2D eigenvalue weighted by Gasteiger charge is -2.04. The average Bonchev–Trinajstić information content (AvgIpc) is 3.41. The Morgan fingerprint density at radius 1 is 0.600 bits per heavy atom. The van der Waals surface area contributed by atoms with Crippen molar-refractivity contribution in [2.75, 3.05) is 0 Å². The van der Waals surface area contributed by atoms with Gasteiger partial charge in [0.05, 0.1) is 11.0 Å². The summed E-state index contributed by atoms with van der Waals surface area (Å²) < 4.78 is 14.9. The number of nitrogens with zero attached hydrogens (tertiary/aromatic N) is 2. The Labute approximate surface area is 169 Å². The first-order valence-electron chi connectivity index (χ1n) is 10.0. The molecule has 0 radical (unpaired) electrons. The number of furan rings is 2. The van der Waals surface area contributed by atoms with Gasteiger partial charge in [0, 0.05) is 32.3 Å². The van der Waals surface area contributed by atoms with E-state index >= 15 is 0 Å². The highest BCUT2D eigenvalue weighted by Gasteiger charge is 2.24. The highest BCUT2D eigenvalue weighted by molar-refractivity contribution is 6.41. The zero-order valence-corrected chi connectivity index (χ0v) is 15.9. The summed E-state index contributed by atoms with van der Waals surface area (Å²) in [6.07, 6.45) is 0. The predicted molar refractivity (Wildman–Crippen MR) is 123 cm³/mol. The van der Waals surface area contributed by atoms with Crippen LogP contribution >= 0.6 is 0 Å². The van der Waals surface area contributed by atoms with Crippen LogP contribution < -0.4 is 0 Å². The molecule has 0 aliphatic heterocycles. The highest BCUT2D eigenvalue weighted by Crippen LogP contribution is 2.48. The molecule has 0 saturated carbocycles. The van der Waals surface area contributed by atoms with Crippen molar-refractivity contribution < 1.29 is 8.83 Å². The summed E-state index contributed by atoms with van der Waals surface area (Å²) in [7, 11) is 0. The van der Waals surface area contributed by atoms with E-state index in [0.29, 0.717) is 6.67 Å². The van der Waals surface area contributed by atoms with Crippen molar-refractivity contribution in [1.29, 1.82) is 0 Å². The molecule has 0 unspecified atom stereocenters. The van der Waals surface area contributed by atoms with E-state index in [-0.39, 0.29) is 0 Å². The van der Waals surface area contributed by atoms with Crippen LogP contribution in [0.3, 0.4) is 0 Å². The number of aliphatic imine (C=N–C) groups is 1. The van der Waals surface area contributed by atoms with Crippen molar-refractivity contribution in [3.05, 3.63) is 60.7 Å². The maximum absolute atomic E-state index is 6.34. The molecule has 5 aromatic carbocycles. The number of benzene rings is 4. The number of rotatable bonds is 2. The molecule has 3 heterocycles. The van der Waals surface area contributed by atoms with Gasteiger partial charge in [-0.1, -0.05) is 24.3 Å². The molecule has 140 valence electrons. The van der Waals surface area contributed by atoms with Crippen LogP contribution in [0, 0.1) is 0 Å². The monoisotopic (exact) mass is 386 g/mol. The Bertz CT molecular complexity index is 1950. The predicted octanol–water partition coefficient (Wildman–Crippen LogP) is 7.28. The summed E-state index contributed by atoms with van der Waals surface area (Å²) in [5, 5.41) is 9.46. The van der Waals surface area contributed by atoms with Gasteiger partial charge in [-0.2, -0.15) is 0 Å². The number of fused-ring (bicyclic) bond motifs is 1. The van der Waals surface area contributed by atoms with Crippen molar-refractivity contribution in [2.45, 2.75) is 6.67 Å². The normalized spacial score (nSPS) is 12.9. The fourth-order valence-electron chi connectivity index (χ4n) is 5.58. The molecule has 0 fully saturated rings. The average molecular weight is 386 g/mol. The molecule has 4 nitrogen and oxygen atoms in total. The van der Waals surface area contributed by atoms with Gasteiger partial charge in [-0.25, -0.2) is 0 Å². The van der Waals surface area contributed by atoms with E-state index in [1.54, 1.807) is 0 Å². The topological polar surface area (TPSA) is 43.6 Å². The minimum absolute atomic E-state index is 0.513. The van der Waals surface area contributed by atoms with Crippen molar-refractivity contribution in [2.24, 2.45) is 4.99 Å². The van der Waals surface area contributed by atoms with E-state index in [1.807, 2.05) is 12.1 Å². The second-order valence-corrected chi connectivity index (χ2v) is 8.02. The first kappa shape index (κ1) is 14.9. The molecule has 3 aromatic heterocycles. The molecule has 0 amide bonds. The zero-order chi connectivity index (χ0) is 19.6. The Hall–Kier alpha value is -4.05. The number of hydrogen-bond donors (Lipinski definition) is 0. The summed E-state index contributed by atoms with van der Waals surface area (Å²) in [5.41, 5.74) is 5.91. The van der Waals surface area contributed by atoms with Gasteiger partial charge in [0.15, 0.2) is 0 Å². The molecule has 30 heavy (non-hydrogen) atoms. The lowest BCUT2D eigenvalue weighted by Crippen LogP contribution is -1.93. The van der Waals surface area contributed by atoms with Crippen molar-refractivity contribution in [3.8, 4) is 0 Å². The Morgan fingerprint density at radius 2 is 1.17 bits per heavy atom. The third-order valence-corrected chi connectivity index (χ3v) is 6.65. The maximum atomic E-state index is 6.34. The zero-order valence-electron chi connectivity index (χ0n) is 15.9. The molecule has 0 atom stereocenters. The quantitative estimate of drug-likeness (QED) is 0.293. The van der Waals surface area contributed by atoms with Crippen LogP contribution in [0.25, 0.3) is 76.5 Å². The number of aromatic nitrogens is 1. The van der Waals surface area contributed by atoms with Crippen LogP contribution in [-0.2, 0) is 6.67 Å². The van der Waals surface area contributed by atoms with E-state index in [4.69, 9.17) is 8.83 Å². The first-order chi connectivity index (χ1) is 14.8. The molecule has 8 aromatic rings. The Kier molecular flexibility index (Phi) is 2.35. The van der Waals surface area contributed by atoms with Gasteiger partial charge in [0.25, 0.3) is 0 Å². The van der Waals surface area contributed by atoms with Crippen LogP contribution in [0.4, 0.5) is 0 Å². The van der Waals surface area contributed by atoms with Gasteiger partial charge in [-0.3, -0.25) is 4.99 Å². The first-order valence-corrected chi connectivity index (χ1v) is 10.0. The smallest absolute Gasteiger partial charge is 0.136 e. The summed E-state index contributed by atoms with van der Waals surface area (Å²) in [5.74, 6) is 0. The molecule has 4 heteroatoms. The number of hydrogen-bond acceptors (Lipinski definition) is 3. The minimum atomic E-state index is 0.513. The van der Waals surface area contributed by atoms with E-state index in [9.17, 15) is 0 Å².